The predicted octanol–water partition coefficient (Wildman–Crippen LogP) is 1.95. The zero-order valence-electron chi connectivity index (χ0n) is 13.6. The molecule has 2 heterocycles. The maximum atomic E-state index is 12.2. The Kier molecular flexibility index (Phi) is 4.81. The van der Waals surface area contributed by atoms with Gasteiger partial charge in [-0.1, -0.05) is 13.8 Å². The summed E-state index contributed by atoms with van der Waals surface area (Å²) in [6, 6.07) is 3.47. The maximum Gasteiger partial charge on any atom is 0.252 e. The molecule has 0 radical (unpaired) electrons. The molecule has 0 aliphatic carbocycles. The standard InChI is InChI=1S/C16H24N4O2/c1-11(2)7-8-16(4,22)10-17-15(21)13-5-6-14-19-18-12(3)20(14)9-13/h5-6,9,11,22H,7-8,10H2,1-4H3,(H,17,21). The lowest BCUT2D eigenvalue weighted by Gasteiger charge is -2.24. The summed E-state index contributed by atoms with van der Waals surface area (Å²) in [5, 5.41) is 21.0. The second-order valence-corrected chi connectivity index (χ2v) is 6.51. The molecule has 2 N–H and O–H groups in total. The average Bonchev–Trinajstić information content (AvgIpc) is 2.84. The highest BCUT2D eigenvalue weighted by Crippen LogP contribution is 2.15. The molecule has 1 amide bonds. The van der Waals surface area contributed by atoms with Crippen molar-refractivity contribution in [2.45, 2.75) is 46.1 Å². The quantitative estimate of drug-likeness (QED) is 0.855. The molecule has 6 heteroatoms. The number of hydrogen-bond donors (Lipinski definition) is 2. The van der Waals surface area contributed by atoms with Crippen LogP contribution in [0.2, 0.25) is 0 Å². The summed E-state index contributed by atoms with van der Waals surface area (Å²) in [7, 11) is 0. The van der Waals surface area contributed by atoms with Crippen molar-refractivity contribution in [3.8, 4) is 0 Å². The van der Waals surface area contributed by atoms with E-state index < -0.39 is 5.60 Å². The van der Waals surface area contributed by atoms with Crippen LogP contribution in [0.5, 0.6) is 0 Å². The highest BCUT2D eigenvalue weighted by atomic mass is 16.3. The van der Waals surface area contributed by atoms with Crippen LogP contribution in [0.15, 0.2) is 18.3 Å². The van der Waals surface area contributed by atoms with Crippen LogP contribution in [0.1, 0.15) is 49.8 Å². The number of aryl methyl sites for hydroxylation is 1. The molecule has 0 aromatic carbocycles. The molecule has 2 aromatic heterocycles. The van der Waals surface area contributed by atoms with Gasteiger partial charge in [0.1, 0.15) is 5.82 Å². The van der Waals surface area contributed by atoms with Crippen LogP contribution in [0.25, 0.3) is 5.65 Å². The van der Waals surface area contributed by atoms with E-state index in [0.717, 1.165) is 12.2 Å². The fourth-order valence-corrected chi connectivity index (χ4v) is 2.20. The molecule has 6 nitrogen and oxygen atoms in total. The lowest BCUT2D eigenvalue weighted by atomic mass is 9.95. The molecule has 1 unspecified atom stereocenters. The van der Waals surface area contributed by atoms with E-state index in [9.17, 15) is 9.90 Å². The molecule has 0 spiro atoms. The molecule has 0 saturated heterocycles. The Hall–Kier alpha value is -1.95. The molecule has 120 valence electrons. The topological polar surface area (TPSA) is 79.5 Å². The highest BCUT2D eigenvalue weighted by molar-refractivity contribution is 5.94. The van der Waals surface area contributed by atoms with Crippen molar-refractivity contribution >= 4 is 11.6 Å². The summed E-state index contributed by atoms with van der Waals surface area (Å²) in [5.41, 5.74) is 0.337. The molecule has 2 aromatic rings. The summed E-state index contributed by atoms with van der Waals surface area (Å²) in [5.74, 6) is 1.05. The molecule has 0 aliphatic rings. The van der Waals surface area contributed by atoms with Crippen LogP contribution in [0.3, 0.4) is 0 Å². The van der Waals surface area contributed by atoms with Crippen LogP contribution in [-0.2, 0) is 0 Å². The number of carbonyl (C=O) groups excluding carboxylic acids is 1. The molecule has 0 bridgehead atoms. The third kappa shape index (κ3) is 4.04. The largest absolute Gasteiger partial charge is 0.388 e. The SMILES string of the molecule is Cc1nnc2ccc(C(=O)NCC(C)(O)CCC(C)C)cn12. The summed E-state index contributed by atoms with van der Waals surface area (Å²) < 4.78 is 1.77. The average molecular weight is 304 g/mol. The minimum atomic E-state index is -0.892. The molecular formula is C16H24N4O2. The number of nitrogens with zero attached hydrogens (tertiary/aromatic N) is 3. The van der Waals surface area contributed by atoms with E-state index in [2.05, 4.69) is 29.4 Å². The lowest BCUT2D eigenvalue weighted by molar-refractivity contribution is 0.0429. The van der Waals surface area contributed by atoms with Gasteiger partial charge in [-0.05, 0) is 44.7 Å². The van der Waals surface area contributed by atoms with Gasteiger partial charge >= 0.3 is 0 Å². The molecule has 2 rings (SSSR count). The number of fused-ring (bicyclic) bond motifs is 1. The summed E-state index contributed by atoms with van der Waals surface area (Å²) in [6.45, 7) is 8.05. The monoisotopic (exact) mass is 304 g/mol. The van der Waals surface area contributed by atoms with Crippen LogP contribution < -0.4 is 5.32 Å². The van der Waals surface area contributed by atoms with Crippen LogP contribution >= 0.6 is 0 Å². The van der Waals surface area contributed by atoms with Gasteiger partial charge in [0.25, 0.3) is 5.91 Å². The zero-order valence-corrected chi connectivity index (χ0v) is 13.6. The highest BCUT2D eigenvalue weighted by Gasteiger charge is 2.22. The summed E-state index contributed by atoms with van der Waals surface area (Å²) in [4.78, 5) is 12.2. The Morgan fingerprint density at radius 1 is 1.41 bits per heavy atom. The van der Waals surface area contributed by atoms with Gasteiger partial charge in [-0.25, -0.2) is 0 Å². The molecule has 0 aliphatic heterocycles. The smallest absolute Gasteiger partial charge is 0.252 e. The van der Waals surface area contributed by atoms with Crippen molar-refractivity contribution < 1.29 is 9.90 Å². The number of nitrogens with one attached hydrogen (secondary N) is 1. The Balaban J connectivity index is 2.00. The van der Waals surface area contributed by atoms with Crippen molar-refractivity contribution in [2.75, 3.05) is 6.54 Å². The van der Waals surface area contributed by atoms with E-state index in [1.54, 1.807) is 29.7 Å². The Morgan fingerprint density at radius 2 is 2.14 bits per heavy atom. The van der Waals surface area contributed by atoms with Crippen molar-refractivity contribution in [3.05, 3.63) is 29.7 Å². The minimum Gasteiger partial charge on any atom is -0.388 e. The van der Waals surface area contributed by atoms with Crippen LogP contribution in [-0.4, -0.2) is 37.8 Å². The summed E-state index contributed by atoms with van der Waals surface area (Å²) >= 11 is 0. The van der Waals surface area contributed by atoms with Gasteiger partial charge in [0, 0.05) is 12.7 Å². The number of rotatable bonds is 6. The van der Waals surface area contributed by atoms with Crippen LogP contribution in [0, 0.1) is 12.8 Å². The number of aliphatic hydroxyl groups is 1. The molecule has 1 atom stereocenters. The second-order valence-electron chi connectivity index (χ2n) is 6.51. The molecular weight excluding hydrogens is 280 g/mol. The van der Waals surface area contributed by atoms with E-state index in [4.69, 9.17) is 0 Å². The Labute approximate surface area is 130 Å². The fourth-order valence-electron chi connectivity index (χ4n) is 2.20. The normalized spacial score (nSPS) is 14.3. The first kappa shape index (κ1) is 16.4. The predicted molar refractivity (Wildman–Crippen MR) is 84.8 cm³/mol. The zero-order chi connectivity index (χ0) is 16.3. The van der Waals surface area contributed by atoms with Gasteiger partial charge in [-0.3, -0.25) is 9.20 Å². The van der Waals surface area contributed by atoms with Gasteiger partial charge in [0.2, 0.25) is 0 Å². The first-order valence-electron chi connectivity index (χ1n) is 7.60. The van der Waals surface area contributed by atoms with E-state index >= 15 is 0 Å². The third-order valence-corrected chi connectivity index (χ3v) is 3.73. The van der Waals surface area contributed by atoms with E-state index in [1.807, 2.05) is 6.92 Å². The van der Waals surface area contributed by atoms with Crippen molar-refractivity contribution in [1.29, 1.82) is 0 Å². The molecule has 22 heavy (non-hydrogen) atoms. The molecule has 0 saturated carbocycles. The number of hydrogen-bond acceptors (Lipinski definition) is 4. The first-order valence-corrected chi connectivity index (χ1v) is 7.60. The number of carbonyl (C=O) groups is 1. The number of aromatic nitrogens is 3. The molecule has 0 fully saturated rings. The van der Waals surface area contributed by atoms with Crippen LogP contribution in [0.4, 0.5) is 0 Å². The first-order chi connectivity index (χ1) is 10.3. The van der Waals surface area contributed by atoms with E-state index in [1.165, 1.54) is 0 Å². The minimum absolute atomic E-state index is 0.208. The Morgan fingerprint density at radius 3 is 2.82 bits per heavy atom. The van der Waals surface area contributed by atoms with E-state index in [-0.39, 0.29) is 12.5 Å². The van der Waals surface area contributed by atoms with Crippen molar-refractivity contribution in [2.24, 2.45) is 5.92 Å². The van der Waals surface area contributed by atoms with Crippen molar-refractivity contribution in [1.82, 2.24) is 19.9 Å². The third-order valence-electron chi connectivity index (χ3n) is 3.73. The van der Waals surface area contributed by atoms with Gasteiger partial charge in [-0.15, -0.1) is 10.2 Å². The van der Waals surface area contributed by atoms with Gasteiger partial charge < -0.3 is 10.4 Å². The van der Waals surface area contributed by atoms with Gasteiger partial charge in [0.15, 0.2) is 5.65 Å². The fraction of sp³-hybridized carbons (Fsp3) is 0.562. The van der Waals surface area contributed by atoms with Gasteiger partial charge in [0.05, 0.1) is 11.2 Å². The lowest BCUT2D eigenvalue weighted by Crippen LogP contribution is -2.40. The Bertz CT molecular complexity index is 661. The second kappa shape index (κ2) is 6.44. The van der Waals surface area contributed by atoms with Crippen molar-refractivity contribution in [3.63, 3.8) is 0 Å². The maximum absolute atomic E-state index is 12.2. The van der Waals surface area contributed by atoms with E-state index in [0.29, 0.717) is 23.5 Å². The number of amides is 1. The number of pyridine rings is 1. The summed E-state index contributed by atoms with van der Waals surface area (Å²) in [6.07, 6.45) is 3.30. The van der Waals surface area contributed by atoms with Gasteiger partial charge in [-0.2, -0.15) is 0 Å².